The number of carboxylic acids is 1. The molecule has 3 nitrogen and oxygen atoms in total. The Labute approximate surface area is 77.1 Å². The van der Waals surface area contributed by atoms with Crippen LogP contribution >= 0.6 is 0 Å². The molecule has 2 rings (SSSR count). The summed E-state index contributed by atoms with van der Waals surface area (Å²) in [6.45, 7) is 1.53. The van der Waals surface area contributed by atoms with Gasteiger partial charge in [-0.15, -0.1) is 0 Å². The van der Waals surface area contributed by atoms with Gasteiger partial charge < -0.3 is 5.11 Å². The maximum Gasteiger partial charge on any atom is 0.307 e. The van der Waals surface area contributed by atoms with Crippen LogP contribution in [0.15, 0.2) is 0 Å². The van der Waals surface area contributed by atoms with E-state index in [9.17, 15) is 9.59 Å². The van der Waals surface area contributed by atoms with Gasteiger partial charge in [-0.2, -0.15) is 0 Å². The predicted molar refractivity (Wildman–Crippen MR) is 46.1 cm³/mol. The van der Waals surface area contributed by atoms with Crippen molar-refractivity contribution in [1.29, 1.82) is 0 Å². The zero-order valence-electron chi connectivity index (χ0n) is 7.69. The third-order valence-electron chi connectivity index (χ3n) is 3.67. The molecule has 2 fully saturated rings. The zero-order valence-corrected chi connectivity index (χ0v) is 7.69. The van der Waals surface area contributed by atoms with Gasteiger partial charge >= 0.3 is 5.97 Å². The van der Waals surface area contributed by atoms with Gasteiger partial charge in [0.05, 0.1) is 5.92 Å². The summed E-state index contributed by atoms with van der Waals surface area (Å²) >= 11 is 0. The van der Waals surface area contributed by atoms with Crippen LogP contribution in [0.4, 0.5) is 0 Å². The molecular weight excluding hydrogens is 168 g/mol. The SMILES string of the molecule is CC(=O)C1C2CCC(C2)C1C(=O)O. The lowest BCUT2D eigenvalue weighted by Crippen LogP contribution is -2.33. The summed E-state index contributed by atoms with van der Waals surface area (Å²) in [4.78, 5) is 22.2. The fourth-order valence-corrected chi connectivity index (χ4v) is 3.23. The first-order chi connectivity index (χ1) is 6.11. The number of Topliss-reactive ketones (excluding diaryl/α,β-unsaturated/α-hetero) is 1. The number of aliphatic carboxylic acids is 1. The molecular formula is C10H14O3. The normalized spacial score (nSPS) is 42.2. The summed E-state index contributed by atoms with van der Waals surface area (Å²) in [5.74, 6) is -0.625. The molecule has 0 aromatic rings. The fourth-order valence-electron chi connectivity index (χ4n) is 3.23. The van der Waals surface area contributed by atoms with E-state index < -0.39 is 5.97 Å². The molecule has 2 aliphatic rings. The average molecular weight is 182 g/mol. The Bertz CT molecular complexity index is 233. The van der Waals surface area contributed by atoms with Crippen molar-refractivity contribution in [2.24, 2.45) is 23.7 Å². The molecule has 0 saturated heterocycles. The number of carbonyl (C=O) groups excluding carboxylic acids is 1. The van der Waals surface area contributed by atoms with E-state index in [1.54, 1.807) is 0 Å². The third-order valence-corrected chi connectivity index (χ3v) is 3.67. The molecule has 4 unspecified atom stereocenters. The summed E-state index contributed by atoms with van der Waals surface area (Å²) in [7, 11) is 0. The highest BCUT2D eigenvalue weighted by atomic mass is 16.4. The van der Waals surface area contributed by atoms with Crippen molar-refractivity contribution in [3.05, 3.63) is 0 Å². The molecule has 0 radical (unpaired) electrons. The highest BCUT2D eigenvalue weighted by Gasteiger charge is 2.52. The highest BCUT2D eigenvalue weighted by molar-refractivity contribution is 5.85. The molecule has 2 saturated carbocycles. The molecule has 1 N–H and O–H groups in total. The zero-order chi connectivity index (χ0) is 9.59. The molecule has 2 bridgehead atoms. The van der Waals surface area contributed by atoms with Crippen LogP contribution in [0, 0.1) is 23.7 Å². The van der Waals surface area contributed by atoms with Gasteiger partial charge in [-0.1, -0.05) is 0 Å². The van der Waals surface area contributed by atoms with Gasteiger partial charge in [-0.3, -0.25) is 9.59 Å². The topological polar surface area (TPSA) is 54.4 Å². The lowest BCUT2D eigenvalue weighted by molar-refractivity contribution is -0.148. The number of hydrogen-bond donors (Lipinski definition) is 1. The minimum atomic E-state index is -0.771. The van der Waals surface area contributed by atoms with Gasteiger partial charge in [0.25, 0.3) is 0 Å². The molecule has 2 aliphatic carbocycles. The highest BCUT2D eigenvalue weighted by Crippen LogP contribution is 2.52. The van der Waals surface area contributed by atoms with Crippen molar-refractivity contribution in [3.63, 3.8) is 0 Å². The number of ketones is 1. The first kappa shape index (κ1) is 8.73. The number of fused-ring (bicyclic) bond motifs is 2. The maximum atomic E-state index is 11.3. The minimum absolute atomic E-state index is 0.0691. The first-order valence-corrected chi connectivity index (χ1v) is 4.84. The van der Waals surface area contributed by atoms with Crippen molar-refractivity contribution >= 4 is 11.8 Å². The summed E-state index contributed by atoms with van der Waals surface area (Å²) in [6, 6.07) is 0. The van der Waals surface area contributed by atoms with Gasteiger partial charge in [0.15, 0.2) is 0 Å². The van der Waals surface area contributed by atoms with E-state index in [0.717, 1.165) is 19.3 Å². The Morgan fingerprint density at radius 3 is 2.08 bits per heavy atom. The van der Waals surface area contributed by atoms with Crippen LogP contribution in [0.5, 0.6) is 0 Å². The van der Waals surface area contributed by atoms with Gasteiger partial charge in [0.1, 0.15) is 5.78 Å². The van der Waals surface area contributed by atoms with Crippen molar-refractivity contribution in [2.75, 3.05) is 0 Å². The lowest BCUT2D eigenvalue weighted by atomic mass is 9.77. The van der Waals surface area contributed by atoms with Gasteiger partial charge in [0.2, 0.25) is 0 Å². The number of carboxylic acid groups (broad SMARTS) is 1. The van der Waals surface area contributed by atoms with Crippen LogP contribution < -0.4 is 0 Å². The van der Waals surface area contributed by atoms with Crippen LogP contribution in [-0.2, 0) is 9.59 Å². The second-order valence-corrected chi connectivity index (χ2v) is 4.33. The summed E-state index contributed by atoms with van der Waals surface area (Å²) in [5.41, 5.74) is 0. The minimum Gasteiger partial charge on any atom is -0.481 e. The van der Waals surface area contributed by atoms with E-state index in [2.05, 4.69) is 0 Å². The van der Waals surface area contributed by atoms with E-state index in [0.29, 0.717) is 5.92 Å². The molecule has 0 aromatic heterocycles. The monoisotopic (exact) mass is 182 g/mol. The van der Waals surface area contributed by atoms with Crippen molar-refractivity contribution in [2.45, 2.75) is 26.2 Å². The average Bonchev–Trinajstić information content (AvgIpc) is 2.60. The Kier molecular flexibility index (Phi) is 1.90. The van der Waals surface area contributed by atoms with Gasteiger partial charge in [-0.25, -0.2) is 0 Å². The quantitative estimate of drug-likeness (QED) is 0.700. The molecule has 0 aromatic carbocycles. The number of hydrogen-bond acceptors (Lipinski definition) is 2. The molecule has 0 heterocycles. The Morgan fingerprint density at radius 2 is 1.69 bits per heavy atom. The van der Waals surface area contributed by atoms with Crippen LogP contribution in [0.2, 0.25) is 0 Å². The lowest BCUT2D eigenvalue weighted by Gasteiger charge is -2.25. The van der Waals surface area contributed by atoms with Gasteiger partial charge in [-0.05, 0) is 38.0 Å². The van der Waals surface area contributed by atoms with Crippen molar-refractivity contribution in [1.82, 2.24) is 0 Å². The molecule has 13 heavy (non-hydrogen) atoms. The van der Waals surface area contributed by atoms with E-state index in [-0.39, 0.29) is 23.5 Å². The Balaban J connectivity index is 2.24. The molecule has 0 spiro atoms. The van der Waals surface area contributed by atoms with E-state index >= 15 is 0 Å². The van der Waals surface area contributed by atoms with E-state index in [1.165, 1.54) is 6.92 Å². The third kappa shape index (κ3) is 1.18. The second-order valence-electron chi connectivity index (χ2n) is 4.33. The molecule has 0 amide bonds. The fraction of sp³-hybridized carbons (Fsp3) is 0.800. The van der Waals surface area contributed by atoms with Crippen LogP contribution in [-0.4, -0.2) is 16.9 Å². The maximum absolute atomic E-state index is 11.3. The summed E-state index contributed by atoms with van der Waals surface area (Å²) in [6.07, 6.45) is 3.02. The van der Waals surface area contributed by atoms with Crippen LogP contribution in [0.1, 0.15) is 26.2 Å². The molecule has 0 aliphatic heterocycles. The van der Waals surface area contributed by atoms with Crippen molar-refractivity contribution in [3.8, 4) is 0 Å². The van der Waals surface area contributed by atoms with E-state index in [4.69, 9.17) is 5.11 Å². The standard InChI is InChI=1S/C10H14O3/c1-5(11)8-6-2-3-7(4-6)9(8)10(12)13/h6-9H,2-4H2,1H3,(H,12,13). The summed E-state index contributed by atoms with van der Waals surface area (Å²) in [5, 5.41) is 9.00. The molecule has 3 heteroatoms. The van der Waals surface area contributed by atoms with E-state index in [1.807, 2.05) is 0 Å². The predicted octanol–water partition coefficient (Wildman–Crippen LogP) is 1.32. The number of rotatable bonds is 2. The Morgan fingerprint density at radius 1 is 1.15 bits per heavy atom. The van der Waals surface area contributed by atoms with Crippen molar-refractivity contribution < 1.29 is 14.7 Å². The van der Waals surface area contributed by atoms with Gasteiger partial charge in [0, 0.05) is 5.92 Å². The van der Waals surface area contributed by atoms with Crippen LogP contribution in [0.25, 0.3) is 0 Å². The van der Waals surface area contributed by atoms with Crippen LogP contribution in [0.3, 0.4) is 0 Å². The Hall–Kier alpha value is -0.860. The largest absolute Gasteiger partial charge is 0.481 e. The second kappa shape index (κ2) is 2.82. The smallest absolute Gasteiger partial charge is 0.307 e. The molecule has 4 atom stereocenters. The first-order valence-electron chi connectivity index (χ1n) is 4.84. The number of carbonyl (C=O) groups is 2. The molecule has 72 valence electrons. The summed E-state index contributed by atoms with van der Waals surface area (Å²) < 4.78 is 0.